The zero-order chi connectivity index (χ0) is 23.0. The number of hydrogen-bond donors (Lipinski definition) is 1. The van der Waals surface area contributed by atoms with Crippen molar-refractivity contribution < 1.29 is 18.3 Å². The fourth-order valence-corrected chi connectivity index (χ4v) is 6.43. The largest absolute Gasteiger partial charge is 0.845 e. The van der Waals surface area contributed by atoms with Gasteiger partial charge in [0.1, 0.15) is 0 Å². The lowest BCUT2D eigenvalue weighted by Gasteiger charge is -2.32. The second-order valence-corrected chi connectivity index (χ2v) is 10.4. The Labute approximate surface area is 194 Å². The van der Waals surface area contributed by atoms with E-state index in [0.29, 0.717) is 31.7 Å². The van der Waals surface area contributed by atoms with Crippen molar-refractivity contribution in [3.8, 4) is 0 Å². The monoisotopic (exact) mass is 470 g/mol. The van der Waals surface area contributed by atoms with Gasteiger partial charge in [0.25, 0.3) is 0 Å². The molecule has 2 aliphatic carbocycles. The molecule has 10 heteroatoms. The highest BCUT2D eigenvalue weighted by atomic mass is 32.2. The van der Waals surface area contributed by atoms with Crippen molar-refractivity contribution in [3.05, 3.63) is 46.1 Å². The van der Waals surface area contributed by atoms with Crippen LogP contribution < -0.4 is 14.7 Å². The first-order valence-corrected chi connectivity index (χ1v) is 12.9. The fraction of sp³-hybridized carbons (Fsp3) is 0.522. The highest BCUT2D eigenvalue weighted by Crippen LogP contribution is 2.38. The number of hydrogen-bond acceptors (Lipinski definition) is 6. The number of benzene rings is 1. The maximum absolute atomic E-state index is 13.4. The number of anilines is 2. The van der Waals surface area contributed by atoms with E-state index < -0.39 is 22.3 Å². The third-order valence-electron chi connectivity index (χ3n) is 6.68. The smallest absolute Gasteiger partial charge is 0.347 e. The zero-order valence-electron chi connectivity index (χ0n) is 18.7. The van der Waals surface area contributed by atoms with Crippen LogP contribution in [0.2, 0.25) is 0 Å². The van der Waals surface area contributed by atoms with Gasteiger partial charge in [-0.25, -0.2) is 4.31 Å². The lowest BCUT2D eigenvalue weighted by atomic mass is 9.99. The van der Waals surface area contributed by atoms with Gasteiger partial charge in [0, 0.05) is 18.9 Å². The lowest BCUT2D eigenvalue weighted by Crippen LogP contribution is -2.44. The maximum Gasteiger partial charge on any atom is 0.347 e. The number of nitrogens with one attached hydrogen (secondary N) is 1. The van der Waals surface area contributed by atoms with Crippen LogP contribution in [0.5, 0.6) is 0 Å². The average molecular weight is 471 g/mol. The van der Waals surface area contributed by atoms with Crippen LogP contribution in [0, 0.1) is 6.92 Å². The topological polar surface area (TPSA) is 120 Å². The number of ether oxygens (including phenoxy) is 1. The minimum absolute atomic E-state index is 0.158. The molecule has 2 heterocycles. The van der Waals surface area contributed by atoms with Gasteiger partial charge in [-0.05, 0) is 92.7 Å². The van der Waals surface area contributed by atoms with E-state index in [2.05, 4.69) is 26.0 Å². The summed E-state index contributed by atoms with van der Waals surface area (Å²) in [6, 6.07) is 4.28. The second kappa shape index (κ2) is 8.90. The van der Waals surface area contributed by atoms with Gasteiger partial charge in [0.2, 0.25) is 0 Å². The molecule has 0 saturated carbocycles. The predicted molar refractivity (Wildman–Crippen MR) is 124 cm³/mol. The summed E-state index contributed by atoms with van der Waals surface area (Å²) in [5.74, 6) is 0.158. The fourth-order valence-electron chi connectivity index (χ4n) is 5.17. The van der Waals surface area contributed by atoms with Crippen molar-refractivity contribution in [2.24, 2.45) is 4.40 Å². The predicted octanol–water partition coefficient (Wildman–Crippen LogP) is 1.82. The molecular formula is C23H28N5O4S-. The van der Waals surface area contributed by atoms with Crippen LogP contribution in [-0.4, -0.2) is 43.9 Å². The molecule has 0 atom stereocenters. The summed E-state index contributed by atoms with van der Waals surface area (Å²) in [6.07, 6.45) is 6.82. The van der Waals surface area contributed by atoms with Crippen molar-refractivity contribution in [3.63, 3.8) is 0 Å². The molecule has 33 heavy (non-hydrogen) atoms. The van der Waals surface area contributed by atoms with Gasteiger partial charge in [-0.15, -0.1) is 9.50 Å². The Morgan fingerprint density at radius 3 is 2.36 bits per heavy atom. The summed E-state index contributed by atoms with van der Waals surface area (Å²) in [7, 11) is -4.35. The Hall–Kier alpha value is -2.72. The van der Waals surface area contributed by atoms with E-state index in [9.17, 15) is 13.5 Å². The van der Waals surface area contributed by atoms with Crippen LogP contribution in [0.3, 0.4) is 0 Å². The molecule has 1 aromatic carbocycles. The third-order valence-corrected chi connectivity index (χ3v) is 8.06. The van der Waals surface area contributed by atoms with E-state index >= 15 is 0 Å². The standard InChI is InChI=1S/C23H29N5O4S/c1-15-8-9-21(26-25-15)28(18-10-12-32-13-11-18)33(30,31)27-23(29)24-22-19-6-2-4-16(19)14-17-5-3-7-20(17)22/h8-9,14,18H,2-7,10-13H2,1H3,(H2,24,27,29)/p-1. The summed E-state index contributed by atoms with van der Waals surface area (Å²) in [4.78, 5) is 0. The number of rotatable bonds is 5. The molecule has 9 nitrogen and oxygen atoms in total. The van der Waals surface area contributed by atoms with Gasteiger partial charge in [0.05, 0.1) is 17.8 Å². The van der Waals surface area contributed by atoms with Gasteiger partial charge >= 0.3 is 10.2 Å². The number of aryl methyl sites for hydroxylation is 3. The summed E-state index contributed by atoms with van der Waals surface area (Å²) < 4.78 is 36.9. The van der Waals surface area contributed by atoms with Crippen LogP contribution in [0.15, 0.2) is 22.6 Å². The first-order chi connectivity index (χ1) is 15.9. The first kappa shape index (κ1) is 22.1. The van der Waals surface area contributed by atoms with Gasteiger partial charge < -0.3 is 15.2 Å². The number of nitrogens with zero attached hydrogens (tertiary/aromatic N) is 4. The van der Waals surface area contributed by atoms with Crippen LogP contribution in [-0.2, 0) is 40.6 Å². The molecule has 0 unspecified atom stereocenters. The molecule has 1 N–H and O–H groups in total. The third kappa shape index (κ3) is 4.41. The van der Waals surface area contributed by atoms with Crippen molar-refractivity contribution >= 4 is 27.7 Å². The summed E-state index contributed by atoms with van der Waals surface area (Å²) in [5.41, 5.74) is 6.21. The molecule has 0 spiro atoms. The highest BCUT2D eigenvalue weighted by molar-refractivity contribution is 7.91. The first-order valence-electron chi connectivity index (χ1n) is 11.6. The molecule has 1 aliphatic heterocycles. The quantitative estimate of drug-likeness (QED) is 0.523. The summed E-state index contributed by atoms with van der Waals surface area (Å²) in [6.45, 7) is 2.65. The summed E-state index contributed by atoms with van der Waals surface area (Å²) >= 11 is 0. The van der Waals surface area contributed by atoms with Crippen molar-refractivity contribution in [1.29, 1.82) is 0 Å². The normalized spacial score (nSPS) is 18.8. The lowest BCUT2D eigenvalue weighted by molar-refractivity contribution is -0.213. The molecule has 0 bridgehead atoms. The van der Waals surface area contributed by atoms with Crippen LogP contribution >= 0.6 is 0 Å². The average Bonchev–Trinajstić information content (AvgIpc) is 3.45. The Bertz CT molecular complexity index is 1140. The van der Waals surface area contributed by atoms with Gasteiger partial charge in [0.15, 0.2) is 5.82 Å². The minimum atomic E-state index is -4.35. The van der Waals surface area contributed by atoms with Crippen molar-refractivity contribution in [2.45, 2.75) is 64.3 Å². The van der Waals surface area contributed by atoms with Gasteiger partial charge in [-0.2, -0.15) is 13.5 Å². The Morgan fingerprint density at radius 1 is 1.09 bits per heavy atom. The SMILES string of the molecule is Cc1ccc(N(C2CCOCC2)S(=O)(=O)/N=C(\[O-])Nc2c3c(cc4c2CCC4)CCC3)nn1. The molecule has 1 saturated heterocycles. The van der Waals surface area contributed by atoms with Gasteiger partial charge in [-0.3, -0.25) is 0 Å². The highest BCUT2D eigenvalue weighted by Gasteiger charge is 2.33. The van der Waals surface area contributed by atoms with Crippen LogP contribution in [0.25, 0.3) is 0 Å². The Kier molecular flexibility index (Phi) is 5.96. The van der Waals surface area contributed by atoms with E-state index in [1.807, 2.05) is 0 Å². The van der Waals surface area contributed by atoms with Crippen molar-refractivity contribution in [2.75, 3.05) is 22.8 Å². The van der Waals surface area contributed by atoms with E-state index in [4.69, 9.17) is 4.74 Å². The van der Waals surface area contributed by atoms with Crippen LogP contribution in [0.1, 0.15) is 53.6 Å². The molecule has 176 valence electrons. The molecule has 1 fully saturated rings. The van der Waals surface area contributed by atoms with Gasteiger partial charge in [-0.1, -0.05) is 6.07 Å². The molecule has 2 aromatic rings. The van der Waals surface area contributed by atoms with E-state index in [0.717, 1.165) is 59.6 Å². The van der Waals surface area contributed by atoms with Crippen LogP contribution in [0.4, 0.5) is 11.5 Å². The Balaban J connectivity index is 1.48. The van der Waals surface area contributed by atoms with Crippen molar-refractivity contribution in [1.82, 2.24) is 10.2 Å². The molecule has 5 rings (SSSR count). The summed E-state index contributed by atoms with van der Waals surface area (Å²) in [5, 5.41) is 23.9. The zero-order valence-corrected chi connectivity index (χ0v) is 19.5. The number of amidine groups is 1. The maximum atomic E-state index is 13.4. The molecule has 0 amide bonds. The number of fused-ring (bicyclic) bond motifs is 2. The van der Waals surface area contributed by atoms with E-state index in [-0.39, 0.29) is 5.82 Å². The molecular weight excluding hydrogens is 442 g/mol. The molecule has 0 radical (unpaired) electrons. The minimum Gasteiger partial charge on any atom is -0.845 e. The second-order valence-electron chi connectivity index (χ2n) is 8.91. The van der Waals surface area contributed by atoms with E-state index in [1.165, 1.54) is 11.1 Å². The van der Waals surface area contributed by atoms with E-state index in [1.54, 1.807) is 19.1 Å². The number of aromatic nitrogens is 2. The molecule has 3 aliphatic rings. The molecule has 1 aromatic heterocycles. The Morgan fingerprint density at radius 2 is 1.76 bits per heavy atom.